The Kier molecular flexibility index (Phi) is 7.27. The molecular formula is C14H16O5S. The standard InChI is InChI=1S/C14H16O5S/c1-2-10-18-13(15)8-9-14(16)19-11-20(17)12-6-4-3-5-7-12/h2-7H,1,8-11H2. The van der Waals surface area contributed by atoms with Gasteiger partial charge >= 0.3 is 11.9 Å². The van der Waals surface area contributed by atoms with Crippen molar-refractivity contribution in [3.05, 3.63) is 43.0 Å². The lowest BCUT2D eigenvalue weighted by Crippen LogP contribution is -2.13. The van der Waals surface area contributed by atoms with E-state index in [9.17, 15) is 13.8 Å². The van der Waals surface area contributed by atoms with Crippen LogP contribution in [0, 0.1) is 0 Å². The molecule has 0 spiro atoms. The Balaban J connectivity index is 2.25. The first-order valence-electron chi connectivity index (χ1n) is 5.99. The molecule has 1 rings (SSSR count). The minimum absolute atomic E-state index is 0.0648. The lowest BCUT2D eigenvalue weighted by atomic mass is 10.3. The number of esters is 2. The fourth-order valence-electron chi connectivity index (χ4n) is 1.26. The Labute approximate surface area is 120 Å². The smallest absolute Gasteiger partial charge is 0.307 e. The number of ether oxygens (including phenoxy) is 2. The van der Waals surface area contributed by atoms with Gasteiger partial charge in [-0.2, -0.15) is 0 Å². The van der Waals surface area contributed by atoms with Crippen LogP contribution in [0.3, 0.4) is 0 Å². The quantitative estimate of drug-likeness (QED) is 0.540. The van der Waals surface area contributed by atoms with E-state index in [1.54, 1.807) is 24.3 Å². The van der Waals surface area contributed by atoms with Gasteiger partial charge in [-0.25, -0.2) is 0 Å². The Bertz CT molecular complexity index is 484. The molecule has 6 heteroatoms. The topological polar surface area (TPSA) is 69.7 Å². The second-order valence-electron chi connectivity index (χ2n) is 3.76. The van der Waals surface area contributed by atoms with E-state index in [4.69, 9.17) is 9.47 Å². The second-order valence-corrected chi connectivity index (χ2v) is 5.16. The third-order valence-electron chi connectivity index (χ3n) is 2.23. The predicted octanol–water partition coefficient (Wildman–Crippen LogP) is 1.80. The van der Waals surface area contributed by atoms with Crippen LogP contribution in [-0.2, 0) is 29.9 Å². The molecule has 0 bridgehead atoms. The lowest BCUT2D eigenvalue weighted by molar-refractivity contribution is -0.148. The number of carbonyl (C=O) groups excluding carboxylic acids is 2. The average Bonchev–Trinajstić information content (AvgIpc) is 2.49. The SMILES string of the molecule is C=CCOC(=O)CCC(=O)OCS(=O)c1ccccc1. The van der Waals surface area contributed by atoms with Gasteiger partial charge in [0.05, 0.1) is 23.6 Å². The Morgan fingerprint density at radius 3 is 2.30 bits per heavy atom. The van der Waals surface area contributed by atoms with Gasteiger partial charge in [-0.05, 0) is 12.1 Å². The number of carbonyl (C=O) groups is 2. The lowest BCUT2D eigenvalue weighted by Gasteiger charge is -2.05. The molecule has 108 valence electrons. The zero-order valence-electron chi connectivity index (χ0n) is 10.9. The molecular weight excluding hydrogens is 280 g/mol. The highest BCUT2D eigenvalue weighted by Gasteiger charge is 2.11. The van der Waals surface area contributed by atoms with E-state index in [1.165, 1.54) is 6.08 Å². The van der Waals surface area contributed by atoms with Crippen molar-refractivity contribution in [3.63, 3.8) is 0 Å². The zero-order chi connectivity index (χ0) is 14.8. The summed E-state index contributed by atoms with van der Waals surface area (Å²) >= 11 is 0. The van der Waals surface area contributed by atoms with E-state index >= 15 is 0 Å². The van der Waals surface area contributed by atoms with Crippen LogP contribution in [0.4, 0.5) is 0 Å². The maximum atomic E-state index is 11.8. The zero-order valence-corrected chi connectivity index (χ0v) is 11.8. The highest BCUT2D eigenvalue weighted by Crippen LogP contribution is 2.06. The highest BCUT2D eigenvalue weighted by atomic mass is 32.2. The van der Waals surface area contributed by atoms with E-state index < -0.39 is 22.7 Å². The summed E-state index contributed by atoms with van der Waals surface area (Å²) in [5, 5.41) is 0. The van der Waals surface area contributed by atoms with Crippen molar-refractivity contribution in [2.45, 2.75) is 17.7 Å². The molecule has 5 nitrogen and oxygen atoms in total. The molecule has 0 aromatic heterocycles. The molecule has 20 heavy (non-hydrogen) atoms. The molecule has 0 heterocycles. The molecule has 0 aliphatic heterocycles. The van der Waals surface area contributed by atoms with Crippen LogP contribution in [0.25, 0.3) is 0 Å². The Hall–Kier alpha value is -1.95. The summed E-state index contributed by atoms with van der Waals surface area (Å²) in [4.78, 5) is 23.1. The Morgan fingerprint density at radius 1 is 1.10 bits per heavy atom. The first-order valence-corrected chi connectivity index (χ1v) is 7.31. The fraction of sp³-hybridized carbons (Fsp3) is 0.286. The first kappa shape index (κ1) is 16.1. The van der Waals surface area contributed by atoms with Crippen LogP contribution < -0.4 is 0 Å². The molecule has 0 amide bonds. The summed E-state index contributed by atoms with van der Waals surface area (Å²) < 4.78 is 21.3. The van der Waals surface area contributed by atoms with Gasteiger partial charge < -0.3 is 9.47 Å². The van der Waals surface area contributed by atoms with Crippen LogP contribution >= 0.6 is 0 Å². The molecule has 0 saturated heterocycles. The summed E-state index contributed by atoms with van der Waals surface area (Å²) in [7, 11) is -1.40. The maximum absolute atomic E-state index is 11.8. The van der Waals surface area contributed by atoms with Crippen molar-refractivity contribution in [1.82, 2.24) is 0 Å². The Morgan fingerprint density at radius 2 is 1.70 bits per heavy atom. The molecule has 0 aliphatic rings. The summed E-state index contributed by atoms with van der Waals surface area (Å²) in [6.45, 7) is 3.52. The van der Waals surface area contributed by atoms with Gasteiger partial charge in [0.2, 0.25) is 0 Å². The van der Waals surface area contributed by atoms with Gasteiger partial charge in [-0.15, -0.1) is 0 Å². The molecule has 1 unspecified atom stereocenters. The summed E-state index contributed by atoms with van der Waals surface area (Å²) in [6.07, 6.45) is 1.28. The van der Waals surface area contributed by atoms with Crippen molar-refractivity contribution in [2.75, 3.05) is 12.5 Å². The number of benzene rings is 1. The predicted molar refractivity (Wildman–Crippen MR) is 74.2 cm³/mol. The second kappa shape index (κ2) is 9.03. The summed E-state index contributed by atoms with van der Waals surface area (Å²) in [5.41, 5.74) is 0. The molecule has 1 aromatic rings. The van der Waals surface area contributed by atoms with Crippen LogP contribution in [0.1, 0.15) is 12.8 Å². The molecule has 0 saturated carbocycles. The summed E-state index contributed by atoms with van der Waals surface area (Å²) in [5.74, 6) is -1.29. The molecule has 1 aromatic carbocycles. The van der Waals surface area contributed by atoms with E-state index in [0.717, 1.165) is 0 Å². The van der Waals surface area contributed by atoms with E-state index in [-0.39, 0.29) is 25.4 Å². The van der Waals surface area contributed by atoms with Gasteiger partial charge in [0, 0.05) is 4.90 Å². The van der Waals surface area contributed by atoms with E-state index in [2.05, 4.69) is 6.58 Å². The highest BCUT2D eigenvalue weighted by molar-refractivity contribution is 7.84. The van der Waals surface area contributed by atoms with Crippen molar-refractivity contribution < 1.29 is 23.3 Å². The van der Waals surface area contributed by atoms with Gasteiger partial charge in [-0.1, -0.05) is 30.9 Å². The largest absolute Gasteiger partial charge is 0.461 e. The molecule has 0 N–H and O–H groups in total. The van der Waals surface area contributed by atoms with Crippen molar-refractivity contribution >= 4 is 22.7 Å². The minimum Gasteiger partial charge on any atom is -0.461 e. The fourth-order valence-corrected chi connectivity index (χ4v) is 2.10. The number of hydrogen-bond donors (Lipinski definition) is 0. The molecule has 0 aliphatic carbocycles. The van der Waals surface area contributed by atoms with E-state index in [0.29, 0.717) is 4.90 Å². The van der Waals surface area contributed by atoms with Crippen LogP contribution in [-0.4, -0.2) is 28.7 Å². The molecule has 1 atom stereocenters. The first-order chi connectivity index (χ1) is 9.63. The monoisotopic (exact) mass is 296 g/mol. The summed E-state index contributed by atoms with van der Waals surface area (Å²) in [6, 6.07) is 8.70. The molecule has 0 radical (unpaired) electrons. The third-order valence-corrected chi connectivity index (χ3v) is 3.36. The molecule has 0 fully saturated rings. The average molecular weight is 296 g/mol. The van der Waals surface area contributed by atoms with E-state index in [1.807, 2.05) is 6.07 Å². The number of rotatable bonds is 8. The number of hydrogen-bond acceptors (Lipinski definition) is 5. The normalized spacial score (nSPS) is 11.4. The van der Waals surface area contributed by atoms with Crippen molar-refractivity contribution in [3.8, 4) is 0 Å². The van der Waals surface area contributed by atoms with Crippen LogP contribution in [0.5, 0.6) is 0 Å². The van der Waals surface area contributed by atoms with Gasteiger partial charge in [0.25, 0.3) is 0 Å². The van der Waals surface area contributed by atoms with Gasteiger partial charge in [-0.3, -0.25) is 13.8 Å². The van der Waals surface area contributed by atoms with Gasteiger partial charge in [0.15, 0.2) is 5.94 Å². The van der Waals surface area contributed by atoms with Crippen LogP contribution in [0.2, 0.25) is 0 Å². The maximum Gasteiger partial charge on any atom is 0.307 e. The van der Waals surface area contributed by atoms with Crippen molar-refractivity contribution in [2.24, 2.45) is 0 Å². The van der Waals surface area contributed by atoms with Crippen LogP contribution in [0.15, 0.2) is 47.9 Å². The minimum atomic E-state index is -1.40. The van der Waals surface area contributed by atoms with Gasteiger partial charge in [0.1, 0.15) is 6.61 Å². The van der Waals surface area contributed by atoms with Crippen molar-refractivity contribution in [1.29, 1.82) is 0 Å². The third kappa shape index (κ3) is 6.29.